The van der Waals surface area contributed by atoms with Gasteiger partial charge in [0.15, 0.2) is 28.6 Å². The van der Waals surface area contributed by atoms with Gasteiger partial charge in [0.2, 0.25) is 11.5 Å². The maximum atomic E-state index is 13.6. The maximum absolute atomic E-state index is 13.6. The summed E-state index contributed by atoms with van der Waals surface area (Å²) in [6.07, 6.45) is 0.951. The third kappa shape index (κ3) is 13.8. The highest BCUT2D eigenvalue weighted by Gasteiger charge is 2.28. The SMILES string of the molecule is Cc1ncc([N+](=O)[O-])n1CCOC(=O)c1cc(=O)c2c(OCC(COc3cccc4oc(C(=O)OCCn5c([N+](=O)[O-])cnc5C)cc(=O)c34)OC(=O)COCCN3CCN(C(c4ccccc4)c4ccc(Cl)cc4)CC3)cccc2o1. The van der Waals surface area contributed by atoms with E-state index in [0.717, 1.165) is 56.3 Å². The lowest BCUT2D eigenvalue weighted by Gasteiger charge is -2.39. The van der Waals surface area contributed by atoms with Gasteiger partial charge >= 0.3 is 29.5 Å². The minimum atomic E-state index is -1.22. The largest absolute Gasteiger partial charge is 0.489 e. The highest BCUT2D eigenvalue weighted by Crippen LogP contribution is 2.31. The number of aryl methyl sites for hydroxylation is 2. The molecule has 426 valence electrons. The summed E-state index contributed by atoms with van der Waals surface area (Å²) in [6.45, 7) is 4.81. The van der Waals surface area contributed by atoms with E-state index < -0.39 is 76.1 Å². The number of nitrogens with zero attached hydrogens (tertiary/aromatic N) is 8. The van der Waals surface area contributed by atoms with Crippen molar-refractivity contribution in [3.8, 4) is 11.5 Å². The van der Waals surface area contributed by atoms with Gasteiger partial charge in [-0.15, -0.1) is 0 Å². The van der Waals surface area contributed by atoms with Crippen LogP contribution in [0.3, 0.4) is 0 Å². The molecule has 5 heterocycles. The quantitative estimate of drug-likeness (QED) is 0.0185. The summed E-state index contributed by atoms with van der Waals surface area (Å²) in [5, 5.41) is 23.3. The first-order valence-electron chi connectivity index (χ1n) is 25.7. The standard InChI is InChI=1S/C56H53ClN8O17/c1-35-58-30-49(64(71)72)62(35)23-26-76-55(69)47-28-41(66)52-43(10-6-12-45(52)81-47)78-32-40(33-79-44-11-7-13-46-53(44)42(67)29-48(82-46)56(70)77-27-24-63-36(2)59-31-50(63)65(73)74)80-51(68)34-75-25-22-60-18-20-61(21-19-60)54(37-8-4-3-5-9-37)38-14-16-39(57)17-15-38/h3-17,28-31,40,54H,18-27,32-34H2,1-2H3. The van der Waals surface area contributed by atoms with Crippen LogP contribution in [0, 0.1) is 34.1 Å². The fourth-order valence-corrected chi connectivity index (χ4v) is 9.47. The van der Waals surface area contributed by atoms with Crippen LogP contribution in [-0.4, -0.2) is 135 Å². The molecule has 1 unspecified atom stereocenters. The van der Waals surface area contributed by atoms with Crippen LogP contribution in [0.1, 0.15) is 49.9 Å². The molecule has 0 spiro atoms. The van der Waals surface area contributed by atoms with Gasteiger partial charge in [0.25, 0.3) is 0 Å². The molecule has 26 heteroatoms. The van der Waals surface area contributed by atoms with E-state index in [4.69, 9.17) is 48.9 Å². The molecule has 1 atom stereocenters. The van der Waals surface area contributed by atoms with Gasteiger partial charge in [-0.25, -0.2) is 33.5 Å². The van der Waals surface area contributed by atoms with E-state index in [2.05, 4.69) is 31.9 Å². The molecule has 0 N–H and O–H groups in total. The first-order chi connectivity index (χ1) is 39.6. The van der Waals surface area contributed by atoms with E-state index in [0.29, 0.717) is 23.2 Å². The third-order valence-electron chi connectivity index (χ3n) is 13.4. The Morgan fingerprint density at radius 1 is 0.646 bits per heavy atom. The van der Waals surface area contributed by atoms with Gasteiger partial charge in [-0.3, -0.25) is 19.4 Å². The molecule has 8 aromatic rings. The Hall–Kier alpha value is -9.30. The average Bonchev–Trinajstić information content (AvgIpc) is 4.20. The molecule has 9 rings (SSSR count). The number of imidazole rings is 2. The molecule has 82 heavy (non-hydrogen) atoms. The molecule has 0 saturated carbocycles. The van der Waals surface area contributed by atoms with Gasteiger partial charge in [-0.05, 0) is 57.4 Å². The molecule has 1 fully saturated rings. The van der Waals surface area contributed by atoms with Gasteiger partial charge in [0.1, 0.15) is 92.0 Å². The number of esters is 3. The lowest BCUT2D eigenvalue weighted by Crippen LogP contribution is -2.48. The number of halogens is 1. The van der Waals surface area contributed by atoms with Crippen molar-refractivity contribution in [3.63, 3.8) is 0 Å². The maximum Gasteiger partial charge on any atom is 0.374 e. The molecule has 0 bridgehead atoms. The van der Waals surface area contributed by atoms with E-state index in [1.165, 1.54) is 51.1 Å². The molecule has 4 aromatic carbocycles. The second-order valence-corrected chi connectivity index (χ2v) is 19.1. The molecule has 4 aromatic heterocycles. The van der Waals surface area contributed by atoms with Crippen molar-refractivity contribution in [2.24, 2.45) is 0 Å². The summed E-state index contributed by atoms with van der Waals surface area (Å²) in [7, 11) is 0. The molecule has 0 amide bonds. The summed E-state index contributed by atoms with van der Waals surface area (Å²) in [5.74, 6) is -3.65. The van der Waals surface area contributed by atoms with Crippen LogP contribution < -0.4 is 20.3 Å². The van der Waals surface area contributed by atoms with Crippen LogP contribution in [0.15, 0.2) is 134 Å². The van der Waals surface area contributed by atoms with Gasteiger partial charge in [0.05, 0.1) is 12.6 Å². The highest BCUT2D eigenvalue weighted by molar-refractivity contribution is 6.30. The topological polar surface area (TPSA) is 295 Å². The Morgan fingerprint density at radius 2 is 1.15 bits per heavy atom. The average molecular weight is 1150 g/mol. The zero-order valence-corrected chi connectivity index (χ0v) is 45.0. The first kappa shape index (κ1) is 57.4. The first-order valence-corrected chi connectivity index (χ1v) is 26.1. The van der Waals surface area contributed by atoms with Crippen molar-refractivity contribution in [2.75, 3.05) is 72.4 Å². The van der Waals surface area contributed by atoms with Crippen molar-refractivity contribution in [3.05, 3.63) is 196 Å². The zero-order valence-electron chi connectivity index (χ0n) is 44.2. The number of carbonyl (C=O) groups is 3. The normalized spacial score (nSPS) is 13.3. The lowest BCUT2D eigenvalue weighted by atomic mass is 9.96. The number of aromatic nitrogens is 4. The van der Waals surface area contributed by atoms with E-state index in [1.54, 1.807) is 13.8 Å². The van der Waals surface area contributed by atoms with Crippen LogP contribution in [0.4, 0.5) is 11.6 Å². The molecule has 1 aliphatic rings. The van der Waals surface area contributed by atoms with Crippen LogP contribution in [0.25, 0.3) is 21.9 Å². The molecule has 1 saturated heterocycles. The van der Waals surface area contributed by atoms with Crippen molar-refractivity contribution in [1.82, 2.24) is 28.9 Å². The summed E-state index contributed by atoms with van der Waals surface area (Å²) < 4.78 is 48.5. The Kier molecular flexibility index (Phi) is 18.4. The minimum absolute atomic E-state index is 0.0154. The van der Waals surface area contributed by atoms with Gasteiger partial charge in [-0.2, -0.15) is 0 Å². The number of fused-ring (bicyclic) bond motifs is 2. The van der Waals surface area contributed by atoms with Crippen molar-refractivity contribution in [2.45, 2.75) is 39.1 Å². The number of carbonyl (C=O) groups excluding carboxylic acids is 3. The Labute approximate surface area is 470 Å². The summed E-state index contributed by atoms with van der Waals surface area (Å²) >= 11 is 6.23. The number of hydrogen-bond donors (Lipinski definition) is 0. The number of hydrogen-bond acceptors (Lipinski definition) is 21. The lowest BCUT2D eigenvalue weighted by molar-refractivity contribution is -0.392. The Morgan fingerprint density at radius 3 is 1.65 bits per heavy atom. The monoisotopic (exact) mass is 1140 g/mol. The minimum Gasteiger partial charge on any atom is -0.489 e. The van der Waals surface area contributed by atoms with E-state index in [1.807, 2.05) is 42.5 Å². The highest BCUT2D eigenvalue weighted by atomic mass is 35.5. The summed E-state index contributed by atoms with van der Waals surface area (Å²) in [6, 6.07) is 28.8. The Balaban J connectivity index is 0.851. The molecule has 25 nitrogen and oxygen atoms in total. The molecule has 1 aliphatic heterocycles. The van der Waals surface area contributed by atoms with Crippen LogP contribution in [0.5, 0.6) is 11.5 Å². The smallest absolute Gasteiger partial charge is 0.374 e. The Bertz CT molecular complexity index is 3570. The number of nitro groups is 2. The molecule has 0 aliphatic carbocycles. The van der Waals surface area contributed by atoms with Crippen LogP contribution >= 0.6 is 11.6 Å². The zero-order chi connectivity index (χ0) is 57.9. The fourth-order valence-electron chi connectivity index (χ4n) is 9.35. The van der Waals surface area contributed by atoms with Crippen molar-refractivity contribution >= 4 is 63.1 Å². The third-order valence-corrected chi connectivity index (χ3v) is 13.6. The predicted octanol–water partition coefficient (Wildman–Crippen LogP) is 6.89. The van der Waals surface area contributed by atoms with Crippen molar-refractivity contribution < 1.29 is 61.5 Å². The van der Waals surface area contributed by atoms with Gasteiger partial charge in [0, 0.05) is 63.7 Å². The van der Waals surface area contributed by atoms with Crippen molar-refractivity contribution in [1.29, 1.82) is 0 Å². The molecular weight excluding hydrogens is 1090 g/mol. The van der Waals surface area contributed by atoms with Gasteiger partial charge < -0.3 is 57.5 Å². The second kappa shape index (κ2) is 26.3. The van der Waals surface area contributed by atoms with Gasteiger partial charge in [-0.1, -0.05) is 66.2 Å². The number of rotatable bonds is 25. The number of benzene rings is 4. The molecule has 0 radical (unpaired) electrons. The van der Waals surface area contributed by atoms with E-state index in [9.17, 15) is 44.2 Å². The van der Waals surface area contributed by atoms with Crippen LogP contribution in [0.2, 0.25) is 5.02 Å². The number of piperazine rings is 1. The summed E-state index contributed by atoms with van der Waals surface area (Å²) in [5.41, 5.74) is 0.810. The predicted molar refractivity (Wildman–Crippen MR) is 292 cm³/mol. The van der Waals surface area contributed by atoms with Crippen LogP contribution in [-0.2, 0) is 36.8 Å². The fraction of sp³-hybridized carbons (Fsp3) is 0.304. The second-order valence-electron chi connectivity index (χ2n) is 18.7. The summed E-state index contributed by atoms with van der Waals surface area (Å²) in [4.78, 5) is 101. The van der Waals surface area contributed by atoms with E-state index >= 15 is 0 Å². The van der Waals surface area contributed by atoms with E-state index in [-0.39, 0.29) is 84.0 Å². The number of ether oxygens (including phenoxy) is 6. The molecular formula is C56H53ClN8O17.